The average Bonchev–Trinajstić information content (AvgIpc) is 3.39. The van der Waals surface area contributed by atoms with Crippen LogP contribution in [0.15, 0.2) is 36.5 Å². The van der Waals surface area contributed by atoms with Gasteiger partial charge in [0.2, 0.25) is 0 Å². The van der Waals surface area contributed by atoms with Crippen molar-refractivity contribution >= 4 is 29.0 Å². The lowest BCUT2D eigenvalue weighted by molar-refractivity contribution is -0.132. The van der Waals surface area contributed by atoms with E-state index in [1.807, 2.05) is 0 Å². The summed E-state index contributed by atoms with van der Waals surface area (Å²) in [6.07, 6.45) is 2.66. The van der Waals surface area contributed by atoms with Crippen molar-refractivity contribution in [3.8, 4) is 0 Å². The molecule has 1 spiro atoms. The molecule has 0 saturated carbocycles. The van der Waals surface area contributed by atoms with E-state index in [1.54, 1.807) is 36.5 Å². The molecule has 2 atom stereocenters. The molecule has 1 aromatic carbocycles. The number of pyridine rings is 1. The Balaban J connectivity index is 1.57. The van der Waals surface area contributed by atoms with E-state index in [1.165, 1.54) is 0 Å². The van der Waals surface area contributed by atoms with E-state index in [2.05, 4.69) is 4.98 Å². The number of alkyl halides is 1. The molecule has 1 aliphatic heterocycles. The van der Waals surface area contributed by atoms with Gasteiger partial charge in [-0.25, -0.2) is 4.39 Å². The number of ether oxygens (including phenoxy) is 1. The lowest BCUT2D eigenvalue weighted by Crippen LogP contribution is -2.39. The predicted octanol–water partition coefficient (Wildman–Crippen LogP) is 4.77. The number of epoxide rings is 1. The molecule has 1 aliphatic carbocycles. The zero-order valence-electron chi connectivity index (χ0n) is 13.4. The SMILES string of the molecule is O=C(CCc1ccc(Cl)cc1Cl)[C@]1(F)CC[C@@]2(CO2)c2ncccc21. The fourth-order valence-corrected chi connectivity index (χ4v) is 4.05. The second-order valence-corrected chi connectivity index (χ2v) is 7.49. The van der Waals surface area contributed by atoms with E-state index in [9.17, 15) is 4.79 Å². The summed E-state index contributed by atoms with van der Waals surface area (Å²) in [6, 6.07) is 8.43. The van der Waals surface area contributed by atoms with Crippen molar-refractivity contribution in [2.45, 2.75) is 37.0 Å². The van der Waals surface area contributed by atoms with Crippen LogP contribution in [0.3, 0.4) is 0 Å². The molecule has 6 heteroatoms. The molecule has 0 unspecified atom stereocenters. The maximum Gasteiger partial charge on any atom is 0.195 e. The minimum atomic E-state index is -2.01. The second kappa shape index (κ2) is 6.04. The molecule has 0 amide bonds. The number of Topliss-reactive ketones (excluding diaryl/α,β-unsaturated/α-hetero) is 1. The van der Waals surface area contributed by atoms with Gasteiger partial charge in [0, 0.05) is 28.2 Å². The highest BCUT2D eigenvalue weighted by Crippen LogP contribution is 2.53. The Bertz CT molecular complexity index is 853. The van der Waals surface area contributed by atoms with Crippen LogP contribution in [-0.4, -0.2) is 17.4 Å². The second-order valence-electron chi connectivity index (χ2n) is 6.64. The van der Waals surface area contributed by atoms with Crippen LogP contribution in [0, 0.1) is 0 Å². The Morgan fingerprint density at radius 2 is 2.08 bits per heavy atom. The predicted molar refractivity (Wildman–Crippen MR) is 93.7 cm³/mol. The van der Waals surface area contributed by atoms with Crippen LogP contribution < -0.4 is 0 Å². The lowest BCUT2D eigenvalue weighted by atomic mass is 9.74. The molecule has 1 saturated heterocycles. The van der Waals surface area contributed by atoms with Gasteiger partial charge >= 0.3 is 0 Å². The lowest BCUT2D eigenvalue weighted by Gasteiger charge is -2.33. The van der Waals surface area contributed by atoms with Gasteiger partial charge in [0.1, 0.15) is 5.60 Å². The van der Waals surface area contributed by atoms with Crippen molar-refractivity contribution in [1.29, 1.82) is 0 Å². The largest absolute Gasteiger partial charge is 0.363 e. The summed E-state index contributed by atoms with van der Waals surface area (Å²) in [5, 5.41) is 1.02. The molecule has 2 heterocycles. The topological polar surface area (TPSA) is 42.5 Å². The Morgan fingerprint density at radius 1 is 1.28 bits per heavy atom. The van der Waals surface area contributed by atoms with Gasteiger partial charge in [-0.3, -0.25) is 9.78 Å². The number of carbonyl (C=O) groups is 1. The Morgan fingerprint density at radius 3 is 2.80 bits per heavy atom. The normalized spacial score (nSPS) is 27.2. The zero-order valence-corrected chi connectivity index (χ0v) is 14.9. The first kappa shape index (κ1) is 17.0. The highest BCUT2D eigenvalue weighted by atomic mass is 35.5. The van der Waals surface area contributed by atoms with Crippen LogP contribution in [0.2, 0.25) is 10.0 Å². The number of halogens is 3. The van der Waals surface area contributed by atoms with Crippen LogP contribution in [0.1, 0.15) is 36.1 Å². The first-order chi connectivity index (χ1) is 11.9. The molecule has 2 aliphatic rings. The molecule has 4 rings (SSSR count). The number of hydrogen-bond donors (Lipinski definition) is 0. The fourth-order valence-electron chi connectivity index (χ4n) is 3.54. The highest BCUT2D eigenvalue weighted by Gasteiger charge is 2.58. The van der Waals surface area contributed by atoms with Crippen LogP contribution in [0.4, 0.5) is 4.39 Å². The van der Waals surface area contributed by atoms with Gasteiger partial charge in [-0.05, 0) is 43.0 Å². The summed E-state index contributed by atoms with van der Waals surface area (Å²) in [5.41, 5.74) is -0.786. The molecule has 25 heavy (non-hydrogen) atoms. The summed E-state index contributed by atoms with van der Waals surface area (Å²) >= 11 is 12.0. The smallest absolute Gasteiger partial charge is 0.195 e. The molecule has 0 N–H and O–H groups in total. The van der Waals surface area contributed by atoms with E-state index >= 15 is 4.39 Å². The van der Waals surface area contributed by atoms with Gasteiger partial charge in [-0.2, -0.15) is 0 Å². The minimum absolute atomic E-state index is 0.0695. The van der Waals surface area contributed by atoms with Gasteiger partial charge < -0.3 is 4.74 Å². The summed E-state index contributed by atoms with van der Waals surface area (Å²) in [5.74, 6) is -0.441. The van der Waals surface area contributed by atoms with Crippen LogP contribution in [-0.2, 0) is 27.2 Å². The number of hydrogen-bond acceptors (Lipinski definition) is 3. The van der Waals surface area contributed by atoms with Crippen molar-refractivity contribution in [3.63, 3.8) is 0 Å². The van der Waals surface area contributed by atoms with Crippen molar-refractivity contribution in [1.82, 2.24) is 4.98 Å². The number of nitrogens with zero attached hydrogens (tertiary/aromatic N) is 1. The first-order valence-corrected chi connectivity index (χ1v) is 8.96. The molecule has 1 aromatic heterocycles. The van der Waals surface area contributed by atoms with Gasteiger partial charge in [0.05, 0.1) is 12.3 Å². The van der Waals surface area contributed by atoms with Crippen LogP contribution in [0.5, 0.6) is 0 Å². The summed E-state index contributed by atoms with van der Waals surface area (Å²) in [7, 11) is 0. The van der Waals surface area contributed by atoms with Gasteiger partial charge in [-0.15, -0.1) is 0 Å². The average molecular weight is 380 g/mol. The van der Waals surface area contributed by atoms with E-state index in [0.29, 0.717) is 40.8 Å². The van der Waals surface area contributed by atoms with Gasteiger partial charge in [0.25, 0.3) is 0 Å². The molecule has 1 fully saturated rings. The number of aryl methyl sites for hydroxylation is 1. The standard InChI is InChI=1S/C19H16Cl2FNO2/c20-13-5-3-12(15(21)10-13)4-6-16(24)19(22)8-7-18(11-25-18)17-14(19)2-1-9-23-17/h1-3,5,9-10H,4,6-8,11H2/t18-,19+/m1/s1. The number of fused-ring (bicyclic) bond motifs is 2. The monoisotopic (exact) mass is 379 g/mol. The third-order valence-corrected chi connectivity index (χ3v) is 5.70. The number of ketones is 1. The summed E-state index contributed by atoms with van der Waals surface area (Å²) in [6.45, 7) is 0.543. The minimum Gasteiger partial charge on any atom is -0.363 e. The Kier molecular flexibility index (Phi) is 4.10. The Labute approximate surface area is 155 Å². The van der Waals surface area contributed by atoms with Crippen LogP contribution >= 0.6 is 23.2 Å². The van der Waals surface area contributed by atoms with Gasteiger partial charge in [0.15, 0.2) is 11.5 Å². The molecule has 3 nitrogen and oxygen atoms in total. The molecule has 2 aromatic rings. The quantitative estimate of drug-likeness (QED) is 0.718. The molecule has 0 radical (unpaired) electrons. The highest BCUT2D eigenvalue weighted by molar-refractivity contribution is 6.35. The van der Waals surface area contributed by atoms with Gasteiger partial charge in [-0.1, -0.05) is 35.3 Å². The molecule has 130 valence electrons. The van der Waals surface area contributed by atoms with E-state index in [-0.39, 0.29) is 12.8 Å². The van der Waals surface area contributed by atoms with E-state index in [4.69, 9.17) is 27.9 Å². The first-order valence-electron chi connectivity index (χ1n) is 8.21. The fraction of sp³-hybridized carbons (Fsp3) is 0.368. The maximum absolute atomic E-state index is 15.7. The third kappa shape index (κ3) is 2.86. The van der Waals surface area contributed by atoms with Crippen LogP contribution in [0.25, 0.3) is 0 Å². The number of rotatable bonds is 4. The summed E-state index contributed by atoms with van der Waals surface area (Å²) < 4.78 is 21.2. The number of benzene rings is 1. The maximum atomic E-state index is 15.7. The Hall–Kier alpha value is -1.49. The van der Waals surface area contributed by atoms with Crippen molar-refractivity contribution in [2.75, 3.05) is 6.61 Å². The third-order valence-electron chi connectivity index (χ3n) is 5.11. The van der Waals surface area contributed by atoms with E-state index in [0.717, 1.165) is 5.56 Å². The van der Waals surface area contributed by atoms with Crippen molar-refractivity contribution in [2.24, 2.45) is 0 Å². The molecule has 0 bridgehead atoms. The van der Waals surface area contributed by atoms with Crippen molar-refractivity contribution in [3.05, 3.63) is 63.4 Å². The van der Waals surface area contributed by atoms with Crippen molar-refractivity contribution < 1.29 is 13.9 Å². The zero-order chi connectivity index (χ0) is 17.7. The molecular weight excluding hydrogens is 364 g/mol. The van der Waals surface area contributed by atoms with E-state index < -0.39 is 17.1 Å². The number of aromatic nitrogens is 1. The summed E-state index contributed by atoms with van der Waals surface area (Å²) in [4.78, 5) is 17.1. The molecular formula is C19H16Cl2FNO2. The number of carbonyl (C=O) groups excluding carboxylic acids is 1.